The fourth-order valence-electron chi connectivity index (χ4n) is 2.89. The molecule has 0 saturated carbocycles. The van der Waals surface area contributed by atoms with Gasteiger partial charge in [0.2, 0.25) is 5.95 Å². The molecule has 32 heavy (non-hydrogen) atoms. The molecular formula is C21H22N4NaO5P. The Morgan fingerprint density at radius 3 is 2.34 bits per heavy atom. The Hall–Kier alpha value is -2.57. The molecule has 0 aliphatic rings. The van der Waals surface area contributed by atoms with Gasteiger partial charge in [-0.1, -0.05) is 11.8 Å². The molecule has 0 bridgehead atoms. The second kappa shape index (κ2) is 10.8. The summed E-state index contributed by atoms with van der Waals surface area (Å²) in [6, 6.07) is 9.44. The zero-order valence-corrected chi connectivity index (χ0v) is 20.8. The molecule has 162 valence electrons. The Balaban J connectivity index is 0.00000272. The second-order valence-corrected chi connectivity index (χ2v) is 8.14. The molecule has 0 atom stereocenters. The number of rotatable bonds is 5. The largest absolute Gasteiger partial charge is 1.00 e. The summed E-state index contributed by atoms with van der Waals surface area (Å²) in [6.07, 6.45) is 2.00. The molecule has 9 nitrogen and oxygen atoms in total. The van der Waals surface area contributed by atoms with Crippen LogP contribution in [0.25, 0.3) is 0 Å². The SMILES string of the molecule is COc1cc(Cc2cnc(N)nc2N)cc(C#Cc2ccc(P(=O)(O)O)cc2)c1OC.[H-].[Na+]. The number of hydrogen-bond acceptors (Lipinski definition) is 7. The predicted octanol–water partition coefficient (Wildman–Crippen LogP) is -1.43. The van der Waals surface area contributed by atoms with Gasteiger partial charge in [-0.05, 0) is 42.0 Å². The number of ether oxygens (including phenoxy) is 2. The van der Waals surface area contributed by atoms with E-state index in [1.807, 2.05) is 12.1 Å². The number of anilines is 2. The van der Waals surface area contributed by atoms with Crippen LogP contribution in [0, 0.1) is 11.8 Å². The van der Waals surface area contributed by atoms with E-state index in [-0.39, 0.29) is 42.2 Å². The minimum Gasteiger partial charge on any atom is -1.00 e. The van der Waals surface area contributed by atoms with Gasteiger partial charge >= 0.3 is 37.2 Å². The fraction of sp³-hybridized carbons (Fsp3) is 0.143. The van der Waals surface area contributed by atoms with Crippen LogP contribution in [0.15, 0.2) is 42.6 Å². The van der Waals surface area contributed by atoms with E-state index in [1.54, 1.807) is 18.3 Å². The average Bonchev–Trinajstić information content (AvgIpc) is 2.73. The first kappa shape index (κ1) is 25.7. The predicted molar refractivity (Wildman–Crippen MR) is 118 cm³/mol. The molecule has 0 unspecified atom stereocenters. The third kappa shape index (κ3) is 6.24. The van der Waals surface area contributed by atoms with Gasteiger partial charge in [0.1, 0.15) is 5.82 Å². The summed E-state index contributed by atoms with van der Waals surface area (Å²) < 4.78 is 22.2. The number of methoxy groups -OCH3 is 2. The first-order valence-corrected chi connectivity index (χ1v) is 10.6. The van der Waals surface area contributed by atoms with Gasteiger partial charge in [0.15, 0.2) is 11.5 Å². The van der Waals surface area contributed by atoms with E-state index in [9.17, 15) is 14.4 Å². The Kier molecular flexibility index (Phi) is 8.70. The van der Waals surface area contributed by atoms with Crippen molar-refractivity contribution in [2.45, 2.75) is 6.42 Å². The monoisotopic (exact) mass is 464 g/mol. The molecule has 0 amide bonds. The number of benzene rings is 2. The molecule has 3 aromatic rings. The van der Waals surface area contributed by atoms with Crippen molar-refractivity contribution in [2.75, 3.05) is 25.7 Å². The maximum atomic E-state index is 11.3. The minimum atomic E-state index is -4.30. The van der Waals surface area contributed by atoms with Gasteiger partial charge in [-0.2, -0.15) is 4.98 Å². The van der Waals surface area contributed by atoms with Crippen LogP contribution in [0.2, 0.25) is 0 Å². The van der Waals surface area contributed by atoms with E-state index >= 15 is 0 Å². The van der Waals surface area contributed by atoms with Gasteiger partial charge in [-0.3, -0.25) is 4.57 Å². The Morgan fingerprint density at radius 2 is 1.78 bits per heavy atom. The van der Waals surface area contributed by atoms with Gasteiger partial charge in [-0.15, -0.1) is 0 Å². The van der Waals surface area contributed by atoms with Crippen LogP contribution in [-0.2, 0) is 11.0 Å². The van der Waals surface area contributed by atoms with E-state index < -0.39 is 7.60 Å². The number of nitrogens with zero attached hydrogens (tertiary/aromatic N) is 2. The van der Waals surface area contributed by atoms with Crippen LogP contribution in [0.3, 0.4) is 0 Å². The van der Waals surface area contributed by atoms with Crippen LogP contribution in [-0.4, -0.2) is 34.0 Å². The van der Waals surface area contributed by atoms with E-state index in [0.29, 0.717) is 40.4 Å². The summed E-state index contributed by atoms with van der Waals surface area (Å²) in [7, 11) is -1.25. The molecule has 2 aromatic carbocycles. The van der Waals surface area contributed by atoms with Gasteiger partial charge < -0.3 is 32.2 Å². The number of hydrogen-bond donors (Lipinski definition) is 4. The van der Waals surface area contributed by atoms with Crippen molar-refractivity contribution in [1.82, 2.24) is 9.97 Å². The Bertz CT molecular complexity index is 1230. The first-order valence-electron chi connectivity index (χ1n) is 9.01. The summed E-state index contributed by atoms with van der Waals surface area (Å²) in [6.45, 7) is 0. The molecular weight excluding hydrogens is 442 g/mol. The van der Waals surface area contributed by atoms with Crippen LogP contribution in [0.1, 0.15) is 23.7 Å². The van der Waals surface area contributed by atoms with Gasteiger partial charge in [0, 0.05) is 23.7 Å². The molecule has 0 saturated heterocycles. The third-order valence-corrected chi connectivity index (χ3v) is 5.37. The van der Waals surface area contributed by atoms with Crippen molar-refractivity contribution < 1.29 is 54.8 Å². The van der Waals surface area contributed by atoms with E-state index in [1.165, 1.54) is 26.4 Å². The molecule has 3 rings (SSSR count). The maximum absolute atomic E-state index is 11.3. The smallest absolute Gasteiger partial charge is 1.00 e. The van der Waals surface area contributed by atoms with E-state index in [4.69, 9.17) is 20.9 Å². The Labute approximate surface area is 209 Å². The molecule has 0 radical (unpaired) electrons. The summed E-state index contributed by atoms with van der Waals surface area (Å²) in [5.41, 5.74) is 14.2. The molecule has 0 spiro atoms. The van der Waals surface area contributed by atoms with Crippen molar-refractivity contribution >= 4 is 24.7 Å². The number of nitrogen functional groups attached to an aromatic ring is 2. The summed E-state index contributed by atoms with van der Waals surface area (Å²) in [4.78, 5) is 26.4. The van der Waals surface area contributed by atoms with E-state index in [2.05, 4.69) is 21.8 Å². The average molecular weight is 464 g/mol. The second-order valence-electron chi connectivity index (χ2n) is 6.54. The molecule has 0 aliphatic carbocycles. The van der Waals surface area contributed by atoms with Crippen molar-refractivity contribution in [3.05, 3.63) is 64.8 Å². The topological polar surface area (TPSA) is 154 Å². The standard InChI is InChI=1S/C21H21N4O5P.Na.H/c1-29-18-11-14(10-16-12-24-21(23)25-20(16)22)9-15(19(18)30-2)6-3-13-4-7-17(8-5-13)31(26,27)28;;/h4-5,7-9,11-12H,10H2,1-2H3,(H2,26,27,28)(H4,22,23,24,25);;/q;+1;-1. The van der Waals surface area contributed by atoms with Crippen molar-refractivity contribution in [1.29, 1.82) is 0 Å². The molecule has 0 fully saturated rings. The van der Waals surface area contributed by atoms with Crippen LogP contribution >= 0.6 is 7.60 Å². The van der Waals surface area contributed by atoms with Crippen molar-refractivity contribution in [3.8, 4) is 23.3 Å². The van der Waals surface area contributed by atoms with Crippen LogP contribution in [0.4, 0.5) is 11.8 Å². The summed E-state index contributed by atoms with van der Waals surface area (Å²) >= 11 is 0. The van der Waals surface area contributed by atoms with Gasteiger partial charge in [-0.25, -0.2) is 4.98 Å². The number of aromatic nitrogens is 2. The van der Waals surface area contributed by atoms with Crippen molar-refractivity contribution in [2.24, 2.45) is 0 Å². The van der Waals surface area contributed by atoms with Crippen LogP contribution in [0.5, 0.6) is 11.5 Å². The molecule has 11 heteroatoms. The minimum absolute atomic E-state index is 0. The summed E-state index contributed by atoms with van der Waals surface area (Å²) in [5, 5.41) is -0.0670. The normalized spacial score (nSPS) is 10.5. The quantitative estimate of drug-likeness (QED) is 0.202. The zero-order valence-electron chi connectivity index (χ0n) is 18.9. The van der Waals surface area contributed by atoms with E-state index in [0.717, 1.165) is 5.56 Å². The molecule has 0 aliphatic heterocycles. The van der Waals surface area contributed by atoms with Crippen molar-refractivity contribution in [3.63, 3.8) is 0 Å². The third-order valence-electron chi connectivity index (χ3n) is 4.40. The molecule has 1 heterocycles. The fourth-order valence-corrected chi connectivity index (χ4v) is 3.42. The van der Waals surface area contributed by atoms with Crippen LogP contribution < -0.4 is 55.8 Å². The van der Waals surface area contributed by atoms with Gasteiger partial charge in [0.25, 0.3) is 0 Å². The Morgan fingerprint density at radius 1 is 1.09 bits per heavy atom. The van der Waals surface area contributed by atoms with Gasteiger partial charge in [0.05, 0.1) is 25.1 Å². The maximum Gasteiger partial charge on any atom is 1.00 e. The summed E-state index contributed by atoms with van der Waals surface area (Å²) in [5.74, 6) is 7.36. The molecule has 6 N–H and O–H groups in total. The molecule has 1 aromatic heterocycles. The zero-order chi connectivity index (χ0) is 22.6. The number of nitrogens with two attached hydrogens (primary N) is 2. The first-order chi connectivity index (χ1) is 14.7.